The number of rotatable bonds is 8. The Morgan fingerprint density at radius 2 is 1.83 bits per heavy atom. The van der Waals surface area contributed by atoms with Gasteiger partial charge in [0.25, 0.3) is 0 Å². The first-order chi connectivity index (χ1) is 14.6. The third-order valence-electron chi connectivity index (χ3n) is 7.57. The second-order valence-electron chi connectivity index (χ2n) is 9.42. The molecule has 2 heterocycles. The number of nitrogens with zero attached hydrogens (tertiary/aromatic N) is 1. The molecule has 1 atom stereocenters. The molecule has 1 aromatic rings. The van der Waals surface area contributed by atoms with Gasteiger partial charge in [-0.2, -0.15) is 0 Å². The first-order valence-electron chi connectivity index (χ1n) is 11.8. The van der Waals surface area contributed by atoms with E-state index in [0.29, 0.717) is 25.0 Å². The molecule has 3 aliphatic rings. The molecule has 0 radical (unpaired) electrons. The highest BCUT2D eigenvalue weighted by molar-refractivity contribution is 5.82. The Kier molecular flexibility index (Phi) is 7.32. The summed E-state index contributed by atoms with van der Waals surface area (Å²) in [5.74, 6) is 4.14. The molecule has 0 bridgehead atoms. The van der Waals surface area contributed by atoms with E-state index >= 15 is 0 Å². The molecule has 4 rings (SSSR count). The summed E-state index contributed by atoms with van der Waals surface area (Å²) in [7, 11) is 1.62. The van der Waals surface area contributed by atoms with Crippen molar-refractivity contribution in [1.82, 2.24) is 4.90 Å². The van der Waals surface area contributed by atoms with E-state index in [1.165, 1.54) is 70.1 Å². The Labute approximate surface area is 181 Å². The zero-order valence-corrected chi connectivity index (χ0v) is 18.6. The molecule has 5 nitrogen and oxygen atoms in total. The van der Waals surface area contributed by atoms with Crippen LogP contribution in [0.5, 0.6) is 11.5 Å². The lowest BCUT2D eigenvalue weighted by atomic mass is 9.78. The number of piperidine rings is 1. The van der Waals surface area contributed by atoms with Gasteiger partial charge >= 0.3 is 0 Å². The van der Waals surface area contributed by atoms with Crippen molar-refractivity contribution in [3.8, 4) is 11.5 Å². The van der Waals surface area contributed by atoms with Crippen LogP contribution in [-0.4, -0.2) is 50.3 Å². The lowest BCUT2D eigenvalue weighted by Crippen LogP contribution is -2.35. The molecule has 2 aliphatic heterocycles. The molecule has 166 valence electrons. The van der Waals surface area contributed by atoms with E-state index in [1.54, 1.807) is 7.11 Å². The monoisotopic (exact) mass is 415 g/mol. The van der Waals surface area contributed by atoms with Crippen LogP contribution in [-0.2, 0) is 9.53 Å². The molecule has 0 spiro atoms. The highest BCUT2D eigenvalue weighted by Crippen LogP contribution is 2.42. The average molecular weight is 416 g/mol. The zero-order chi connectivity index (χ0) is 20.9. The quantitative estimate of drug-likeness (QED) is 0.611. The largest absolute Gasteiger partial charge is 0.454 e. The predicted octanol–water partition coefficient (Wildman–Crippen LogP) is 4.79. The van der Waals surface area contributed by atoms with Gasteiger partial charge in [-0.05, 0) is 82.5 Å². The van der Waals surface area contributed by atoms with Crippen molar-refractivity contribution >= 4 is 5.78 Å². The van der Waals surface area contributed by atoms with E-state index in [-0.39, 0.29) is 11.9 Å². The molecule has 2 fully saturated rings. The van der Waals surface area contributed by atoms with E-state index in [9.17, 15) is 4.79 Å². The Bertz CT molecular complexity index is 705. The Morgan fingerprint density at radius 3 is 2.57 bits per heavy atom. The number of ether oxygens (including phenoxy) is 3. The third kappa shape index (κ3) is 5.17. The molecule has 0 aromatic heterocycles. The molecule has 0 unspecified atom stereocenters. The lowest BCUT2D eigenvalue weighted by Gasteiger charge is -2.34. The molecule has 5 heteroatoms. The maximum Gasteiger partial charge on any atom is 0.231 e. The van der Waals surface area contributed by atoms with Gasteiger partial charge in [-0.3, -0.25) is 4.79 Å². The Balaban J connectivity index is 1.16. The number of para-hydroxylation sites is 1. The van der Waals surface area contributed by atoms with Crippen LogP contribution in [0.25, 0.3) is 0 Å². The Hall–Kier alpha value is -1.59. The van der Waals surface area contributed by atoms with Crippen molar-refractivity contribution in [3.05, 3.63) is 23.8 Å². The minimum Gasteiger partial charge on any atom is -0.454 e. The first-order valence-corrected chi connectivity index (χ1v) is 11.8. The average Bonchev–Trinajstić information content (AvgIpc) is 3.27. The molecular weight excluding hydrogens is 378 g/mol. The van der Waals surface area contributed by atoms with Crippen LogP contribution in [0, 0.1) is 11.8 Å². The van der Waals surface area contributed by atoms with Crippen LogP contribution >= 0.6 is 0 Å². The van der Waals surface area contributed by atoms with Crippen LogP contribution in [0.3, 0.4) is 0 Å². The SMILES string of the molecule is CO[C@@H](C)C(=O)CC1CCC(CCN2CCC(c3cccc4c3OCO4)CC2)CC1. The first kappa shape index (κ1) is 21.6. The van der Waals surface area contributed by atoms with Crippen LogP contribution in [0.4, 0.5) is 0 Å². The van der Waals surface area contributed by atoms with Crippen molar-refractivity contribution < 1.29 is 19.0 Å². The van der Waals surface area contributed by atoms with Gasteiger partial charge in [0.05, 0.1) is 0 Å². The minimum absolute atomic E-state index is 0.248. The van der Waals surface area contributed by atoms with E-state index < -0.39 is 0 Å². The fourth-order valence-corrected chi connectivity index (χ4v) is 5.41. The van der Waals surface area contributed by atoms with Crippen molar-refractivity contribution in [3.63, 3.8) is 0 Å². The number of ketones is 1. The van der Waals surface area contributed by atoms with Crippen molar-refractivity contribution in [1.29, 1.82) is 0 Å². The lowest BCUT2D eigenvalue weighted by molar-refractivity contribution is -0.129. The maximum absolute atomic E-state index is 12.1. The summed E-state index contributed by atoms with van der Waals surface area (Å²) in [4.78, 5) is 14.7. The maximum atomic E-state index is 12.1. The smallest absolute Gasteiger partial charge is 0.231 e. The van der Waals surface area contributed by atoms with E-state index in [4.69, 9.17) is 14.2 Å². The number of hydrogen-bond donors (Lipinski definition) is 0. The number of methoxy groups -OCH3 is 1. The van der Waals surface area contributed by atoms with Crippen molar-refractivity contribution in [2.24, 2.45) is 11.8 Å². The molecule has 1 saturated heterocycles. The van der Waals surface area contributed by atoms with Gasteiger partial charge in [-0.1, -0.05) is 25.0 Å². The van der Waals surface area contributed by atoms with Crippen LogP contribution < -0.4 is 9.47 Å². The number of hydrogen-bond acceptors (Lipinski definition) is 5. The van der Waals surface area contributed by atoms with Crippen molar-refractivity contribution in [2.75, 3.05) is 33.5 Å². The van der Waals surface area contributed by atoms with Gasteiger partial charge in [0.1, 0.15) is 6.10 Å². The second-order valence-corrected chi connectivity index (χ2v) is 9.42. The summed E-state index contributed by atoms with van der Waals surface area (Å²) >= 11 is 0. The van der Waals surface area contributed by atoms with Gasteiger partial charge in [0, 0.05) is 19.1 Å². The molecular formula is C25H37NO4. The summed E-state index contributed by atoms with van der Waals surface area (Å²) in [5, 5.41) is 0. The van der Waals surface area contributed by atoms with Gasteiger partial charge in [0.15, 0.2) is 17.3 Å². The van der Waals surface area contributed by atoms with Crippen molar-refractivity contribution in [2.45, 2.75) is 70.3 Å². The van der Waals surface area contributed by atoms with Gasteiger partial charge < -0.3 is 19.1 Å². The highest BCUT2D eigenvalue weighted by atomic mass is 16.7. The second kappa shape index (κ2) is 10.1. The molecule has 30 heavy (non-hydrogen) atoms. The van der Waals surface area contributed by atoms with Crippen LogP contribution in [0.2, 0.25) is 0 Å². The number of carbonyl (C=O) groups excluding carboxylic acids is 1. The summed E-state index contributed by atoms with van der Waals surface area (Å²) < 4.78 is 16.4. The molecule has 0 amide bonds. The fourth-order valence-electron chi connectivity index (χ4n) is 5.41. The summed E-state index contributed by atoms with van der Waals surface area (Å²) in [6.07, 6.45) is 9.13. The predicted molar refractivity (Wildman–Crippen MR) is 117 cm³/mol. The molecule has 1 aliphatic carbocycles. The molecule has 1 aromatic carbocycles. The summed E-state index contributed by atoms with van der Waals surface area (Å²) in [6, 6.07) is 6.31. The van der Waals surface area contributed by atoms with Gasteiger partial charge in [-0.25, -0.2) is 0 Å². The van der Waals surface area contributed by atoms with E-state index in [0.717, 1.165) is 17.4 Å². The van der Waals surface area contributed by atoms with Gasteiger partial charge in [0.2, 0.25) is 6.79 Å². The number of likely N-dealkylation sites (tertiary alicyclic amines) is 1. The van der Waals surface area contributed by atoms with Crippen LogP contribution in [0.1, 0.15) is 69.8 Å². The van der Waals surface area contributed by atoms with E-state index in [2.05, 4.69) is 17.0 Å². The number of benzene rings is 1. The van der Waals surface area contributed by atoms with Crippen LogP contribution in [0.15, 0.2) is 18.2 Å². The topological polar surface area (TPSA) is 48.0 Å². The van der Waals surface area contributed by atoms with E-state index in [1.807, 2.05) is 13.0 Å². The molecule has 0 N–H and O–H groups in total. The normalized spacial score (nSPS) is 25.9. The number of Topliss-reactive ketones (excluding diaryl/α,β-unsaturated/α-hetero) is 1. The molecule has 1 saturated carbocycles. The standard InChI is InChI=1S/C25H37NO4/c1-18(28-2)23(27)16-20-8-6-19(7-9-20)10-13-26-14-11-21(12-15-26)22-4-3-5-24-25(22)30-17-29-24/h3-5,18-21H,6-17H2,1-2H3/t18-,19?,20?/m0/s1. The minimum atomic E-state index is -0.248. The van der Waals surface area contributed by atoms with Gasteiger partial charge in [-0.15, -0.1) is 0 Å². The number of carbonyl (C=O) groups is 1. The third-order valence-corrected chi connectivity index (χ3v) is 7.57. The highest BCUT2D eigenvalue weighted by Gasteiger charge is 2.28. The number of fused-ring (bicyclic) bond motifs is 1. The Morgan fingerprint density at radius 1 is 1.10 bits per heavy atom. The summed E-state index contributed by atoms with van der Waals surface area (Å²) in [5.41, 5.74) is 1.33. The summed E-state index contributed by atoms with van der Waals surface area (Å²) in [6.45, 7) is 5.78. The zero-order valence-electron chi connectivity index (χ0n) is 18.6. The fraction of sp³-hybridized carbons (Fsp3) is 0.720.